The molecule has 0 aliphatic carbocycles. The van der Waals surface area contributed by atoms with Crippen molar-refractivity contribution >= 4 is 0 Å². The fourth-order valence-corrected chi connectivity index (χ4v) is 0.737. The number of hydrogen-bond acceptors (Lipinski definition) is 4. The monoisotopic (exact) mass is 154 g/mol. The second-order valence-corrected chi connectivity index (χ2v) is 1.98. The molecule has 0 atom stereocenters. The summed E-state index contributed by atoms with van der Waals surface area (Å²) in [6.45, 7) is 0.303. The molecule has 0 aliphatic rings. The van der Waals surface area contributed by atoms with E-state index in [0.717, 1.165) is 5.69 Å². The van der Waals surface area contributed by atoms with E-state index in [2.05, 4.69) is 9.82 Å². The highest BCUT2D eigenvalue weighted by Crippen LogP contribution is 2.06. The number of hydrogen-bond donors (Lipinski definition) is 1. The Morgan fingerprint density at radius 3 is 3.00 bits per heavy atom. The van der Waals surface area contributed by atoms with Crippen LogP contribution in [0.5, 0.6) is 5.88 Å². The minimum atomic E-state index is 0.303. The number of pyridine rings is 1. The molecule has 0 amide bonds. The summed E-state index contributed by atoms with van der Waals surface area (Å²) in [5.41, 5.74) is 0.756. The largest absolute Gasteiger partial charge is 0.481 e. The zero-order chi connectivity index (χ0) is 8.10. The molecule has 1 aromatic rings. The zero-order valence-electron chi connectivity index (χ0n) is 6.28. The smallest absolute Gasteiger partial charge is 0.213 e. The van der Waals surface area contributed by atoms with Gasteiger partial charge >= 0.3 is 0 Å². The maximum absolute atomic E-state index is 4.89. The highest BCUT2D eigenvalue weighted by molar-refractivity contribution is 5.14. The van der Waals surface area contributed by atoms with Crippen LogP contribution in [0.3, 0.4) is 0 Å². The lowest BCUT2D eigenvalue weighted by Crippen LogP contribution is -2.01. The molecule has 1 heterocycles. The Kier molecular flexibility index (Phi) is 2.83. The molecule has 0 bridgehead atoms. The molecule has 0 aromatic carbocycles. The van der Waals surface area contributed by atoms with Gasteiger partial charge < -0.3 is 4.74 Å². The topological polar surface area (TPSA) is 57.4 Å². The Labute approximate surface area is 64.9 Å². The Morgan fingerprint density at radius 1 is 1.55 bits per heavy atom. The number of nitrogens with zero attached hydrogens (tertiary/aromatic N) is 1. The summed E-state index contributed by atoms with van der Waals surface area (Å²) in [6.07, 6.45) is 0. The van der Waals surface area contributed by atoms with Gasteiger partial charge in [-0.3, -0.25) is 4.84 Å². The molecule has 1 rings (SSSR count). The Morgan fingerprint density at radius 2 is 2.36 bits per heavy atom. The summed E-state index contributed by atoms with van der Waals surface area (Å²) in [4.78, 5) is 8.46. The van der Waals surface area contributed by atoms with E-state index in [4.69, 9.17) is 10.6 Å². The lowest BCUT2D eigenvalue weighted by Gasteiger charge is -2.00. The third-order valence-corrected chi connectivity index (χ3v) is 1.22. The number of ether oxygens (including phenoxy) is 1. The van der Waals surface area contributed by atoms with Crippen LogP contribution in [0.15, 0.2) is 18.2 Å². The van der Waals surface area contributed by atoms with Crippen molar-refractivity contribution in [3.05, 3.63) is 23.9 Å². The SMILES string of the molecule is COc1cccc(CON)n1. The molecule has 11 heavy (non-hydrogen) atoms. The minimum Gasteiger partial charge on any atom is -0.481 e. The van der Waals surface area contributed by atoms with Crippen LogP contribution in [0.4, 0.5) is 0 Å². The summed E-state index contributed by atoms with van der Waals surface area (Å²) < 4.78 is 4.89. The maximum Gasteiger partial charge on any atom is 0.213 e. The van der Waals surface area contributed by atoms with Gasteiger partial charge in [-0.1, -0.05) is 6.07 Å². The normalized spacial score (nSPS) is 9.64. The lowest BCUT2D eigenvalue weighted by molar-refractivity contribution is 0.121. The molecule has 1 aromatic heterocycles. The second kappa shape index (κ2) is 3.90. The van der Waals surface area contributed by atoms with E-state index in [-0.39, 0.29) is 0 Å². The van der Waals surface area contributed by atoms with Crippen LogP contribution in [0.2, 0.25) is 0 Å². The molecule has 0 unspecified atom stereocenters. The quantitative estimate of drug-likeness (QED) is 0.643. The van der Waals surface area contributed by atoms with Gasteiger partial charge in [0.1, 0.15) is 6.61 Å². The van der Waals surface area contributed by atoms with Crippen molar-refractivity contribution < 1.29 is 9.57 Å². The number of methoxy groups -OCH3 is 1. The van der Waals surface area contributed by atoms with Crippen molar-refractivity contribution in [2.45, 2.75) is 6.61 Å². The average Bonchev–Trinajstić information content (AvgIpc) is 2.06. The first-order chi connectivity index (χ1) is 5.36. The molecular formula is C7H10N2O2. The second-order valence-electron chi connectivity index (χ2n) is 1.98. The molecule has 0 saturated carbocycles. The molecule has 60 valence electrons. The van der Waals surface area contributed by atoms with E-state index in [1.165, 1.54) is 0 Å². The number of rotatable bonds is 3. The standard InChI is InChI=1S/C7H10N2O2/c1-10-7-4-2-3-6(9-7)5-11-8/h2-4H,5,8H2,1H3. The van der Waals surface area contributed by atoms with Gasteiger partial charge in [-0.2, -0.15) is 0 Å². The van der Waals surface area contributed by atoms with Gasteiger partial charge in [0.2, 0.25) is 5.88 Å². The van der Waals surface area contributed by atoms with Gasteiger partial charge in [0.25, 0.3) is 0 Å². The Hall–Kier alpha value is -1.13. The first-order valence-corrected chi connectivity index (χ1v) is 3.18. The van der Waals surface area contributed by atoms with Gasteiger partial charge in [-0.25, -0.2) is 10.9 Å². The van der Waals surface area contributed by atoms with E-state index in [0.29, 0.717) is 12.5 Å². The van der Waals surface area contributed by atoms with Crippen molar-refractivity contribution in [3.63, 3.8) is 0 Å². The van der Waals surface area contributed by atoms with E-state index < -0.39 is 0 Å². The number of aromatic nitrogens is 1. The lowest BCUT2D eigenvalue weighted by atomic mass is 10.4. The summed E-state index contributed by atoms with van der Waals surface area (Å²) in [5.74, 6) is 5.44. The minimum absolute atomic E-state index is 0.303. The summed E-state index contributed by atoms with van der Waals surface area (Å²) in [5, 5.41) is 0. The first kappa shape index (κ1) is 7.97. The fraction of sp³-hybridized carbons (Fsp3) is 0.286. The fourth-order valence-electron chi connectivity index (χ4n) is 0.737. The molecule has 4 heteroatoms. The van der Waals surface area contributed by atoms with Crippen LogP contribution in [-0.4, -0.2) is 12.1 Å². The maximum atomic E-state index is 4.89. The van der Waals surface area contributed by atoms with Crippen molar-refractivity contribution in [2.75, 3.05) is 7.11 Å². The molecule has 0 spiro atoms. The first-order valence-electron chi connectivity index (χ1n) is 3.18. The third-order valence-electron chi connectivity index (χ3n) is 1.22. The molecule has 0 saturated heterocycles. The molecular weight excluding hydrogens is 144 g/mol. The van der Waals surface area contributed by atoms with Gasteiger partial charge in [-0.15, -0.1) is 0 Å². The zero-order valence-corrected chi connectivity index (χ0v) is 6.28. The molecule has 2 N–H and O–H groups in total. The van der Waals surface area contributed by atoms with Crippen LogP contribution in [0.1, 0.15) is 5.69 Å². The van der Waals surface area contributed by atoms with E-state index in [1.807, 2.05) is 12.1 Å². The summed E-state index contributed by atoms with van der Waals surface area (Å²) in [6, 6.07) is 5.41. The van der Waals surface area contributed by atoms with E-state index in [9.17, 15) is 0 Å². The highest BCUT2D eigenvalue weighted by atomic mass is 16.6. The highest BCUT2D eigenvalue weighted by Gasteiger charge is 1.95. The molecule has 0 radical (unpaired) electrons. The van der Waals surface area contributed by atoms with Gasteiger partial charge in [0, 0.05) is 6.07 Å². The van der Waals surface area contributed by atoms with Crippen molar-refractivity contribution in [2.24, 2.45) is 5.90 Å². The predicted octanol–water partition coefficient (Wildman–Crippen LogP) is 0.481. The summed E-state index contributed by atoms with van der Waals surface area (Å²) in [7, 11) is 1.56. The van der Waals surface area contributed by atoms with Crippen molar-refractivity contribution in [1.29, 1.82) is 0 Å². The van der Waals surface area contributed by atoms with Crippen LogP contribution < -0.4 is 10.6 Å². The van der Waals surface area contributed by atoms with Crippen molar-refractivity contribution in [3.8, 4) is 5.88 Å². The van der Waals surface area contributed by atoms with Gasteiger partial charge in [0.15, 0.2) is 0 Å². The molecule has 4 nitrogen and oxygen atoms in total. The third kappa shape index (κ3) is 2.18. The average molecular weight is 154 g/mol. The van der Waals surface area contributed by atoms with Crippen LogP contribution in [0, 0.1) is 0 Å². The van der Waals surface area contributed by atoms with Crippen LogP contribution in [-0.2, 0) is 11.4 Å². The van der Waals surface area contributed by atoms with Crippen LogP contribution in [0.25, 0.3) is 0 Å². The Bertz CT molecular complexity index is 227. The predicted molar refractivity (Wildman–Crippen MR) is 39.8 cm³/mol. The summed E-state index contributed by atoms with van der Waals surface area (Å²) >= 11 is 0. The van der Waals surface area contributed by atoms with Crippen molar-refractivity contribution in [1.82, 2.24) is 4.98 Å². The Balaban J connectivity index is 2.74. The number of nitrogens with two attached hydrogens (primary N) is 1. The van der Waals surface area contributed by atoms with E-state index >= 15 is 0 Å². The molecule has 0 fully saturated rings. The van der Waals surface area contributed by atoms with Crippen LogP contribution >= 0.6 is 0 Å². The molecule has 0 aliphatic heterocycles. The van der Waals surface area contributed by atoms with E-state index in [1.54, 1.807) is 13.2 Å². The van der Waals surface area contributed by atoms with Gasteiger partial charge in [-0.05, 0) is 6.07 Å². The van der Waals surface area contributed by atoms with Gasteiger partial charge in [0.05, 0.1) is 12.8 Å².